The Hall–Kier alpha value is -0.780. The van der Waals surface area contributed by atoms with E-state index >= 15 is 0 Å². The van der Waals surface area contributed by atoms with Crippen LogP contribution >= 0.6 is 0 Å². The number of allylic oxidation sites excluding steroid dienone is 5. The van der Waals surface area contributed by atoms with Crippen molar-refractivity contribution < 1.29 is 0 Å². The summed E-state index contributed by atoms with van der Waals surface area (Å²) in [6, 6.07) is 0. The second-order valence-electron chi connectivity index (χ2n) is 3.03. The van der Waals surface area contributed by atoms with Gasteiger partial charge >= 0.3 is 0 Å². The van der Waals surface area contributed by atoms with Crippen molar-refractivity contribution in [1.82, 2.24) is 0 Å². The minimum atomic E-state index is 1.02. The highest BCUT2D eigenvalue weighted by molar-refractivity contribution is 5.31. The number of rotatable bonds is 3. The SMILES string of the molecule is C=C(C)C(CC=CC)=C(C)C. The van der Waals surface area contributed by atoms with Gasteiger partial charge in [0.25, 0.3) is 0 Å². The monoisotopic (exact) mass is 150 g/mol. The molecule has 0 aliphatic heterocycles. The molecule has 0 saturated heterocycles. The summed E-state index contributed by atoms with van der Waals surface area (Å²) in [6.45, 7) is 12.3. The van der Waals surface area contributed by atoms with Crippen LogP contribution in [0.4, 0.5) is 0 Å². The molecule has 0 unspecified atom stereocenters. The van der Waals surface area contributed by atoms with Crippen LogP contribution in [0, 0.1) is 0 Å². The van der Waals surface area contributed by atoms with Crippen LogP contribution in [0.1, 0.15) is 34.1 Å². The van der Waals surface area contributed by atoms with Crippen LogP contribution in [0.5, 0.6) is 0 Å². The van der Waals surface area contributed by atoms with E-state index in [1.165, 1.54) is 16.7 Å². The van der Waals surface area contributed by atoms with E-state index in [0.717, 1.165) is 6.42 Å². The predicted molar refractivity (Wildman–Crippen MR) is 52.6 cm³/mol. The Kier molecular flexibility index (Phi) is 4.60. The number of hydrogen-bond acceptors (Lipinski definition) is 0. The van der Waals surface area contributed by atoms with Crippen molar-refractivity contribution in [3.63, 3.8) is 0 Å². The fourth-order valence-corrected chi connectivity index (χ4v) is 1.04. The van der Waals surface area contributed by atoms with Gasteiger partial charge in [-0.15, -0.1) is 0 Å². The molecule has 0 saturated carbocycles. The first kappa shape index (κ1) is 10.2. The van der Waals surface area contributed by atoms with E-state index in [2.05, 4.69) is 39.5 Å². The molecule has 11 heavy (non-hydrogen) atoms. The van der Waals surface area contributed by atoms with Crippen LogP contribution in [-0.4, -0.2) is 0 Å². The molecular formula is C11H18. The Morgan fingerprint density at radius 3 is 2.09 bits per heavy atom. The van der Waals surface area contributed by atoms with Crippen molar-refractivity contribution in [2.75, 3.05) is 0 Å². The van der Waals surface area contributed by atoms with Crippen molar-refractivity contribution in [2.45, 2.75) is 34.1 Å². The van der Waals surface area contributed by atoms with Crippen LogP contribution in [0.3, 0.4) is 0 Å². The average Bonchev–Trinajstić information content (AvgIpc) is 1.87. The van der Waals surface area contributed by atoms with E-state index in [0.29, 0.717) is 0 Å². The minimum Gasteiger partial charge on any atom is -0.0958 e. The first-order valence-electron chi connectivity index (χ1n) is 4.03. The maximum absolute atomic E-state index is 3.94. The largest absolute Gasteiger partial charge is 0.0958 e. The molecule has 0 aromatic carbocycles. The zero-order chi connectivity index (χ0) is 8.85. The summed E-state index contributed by atoms with van der Waals surface area (Å²) in [7, 11) is 0. The lowest BCUT2D eigenvalue weighted by Gasteiger charge is -2.05. The van der Waals surface area contributed by atoms with E-state index in [-0.39, 0.29) is 0 Å². The minimum absolute atomic E-state index is 1.02. The van der Waals surface area contributed by atoms with E-state index < -0.39 is 0 Å². The van der Waals surface area contributed by atoms with Gasteiger partial charge in [-0.2, -0.15) is 0 Å². The lowest BCUT2D eigenvalue weighted by Crippen LogP contribution is -1.85. The standard InChI is InChI=1S/C11H18/c1-6-7-8-11(9(2)3)10(4)5/h6-7H,2,8H2,1,3-5H3. The molecule has 0 aromatic heterocycles. The van der Waals surface area contributed by atoms with Gasteiger partial charge in [0.15, 0.2) is 0 Å². The number of hydrogen-bond donors (Lipinski definition) is 0. The third kappa shape index (κ3) is 3.82. The lowest BCUT2D eigenvalue weighted by molar-refractivity contribution is 1.14. The Labute approximate surface area is 70.3 Å². The highest BCUT2D eigenvalue weighted by atomic mass is 14.0. The molecule has 0 spiro atoms. The summed E-state index contributed by atoms with van der Waals surface area (Å²) in [5, 5.41) is 0. The van der Waals surface area contributed by atoms with Gasteiger partial charge in [0.2, 0.25) is 0 Å². The van der Waals surface area contributed by atoms with Gasteiger partial charge in [0.1, 0.15) is 0 Å². The van der Waals surface area contributed by atoms with E-state index in [1.54, 1.807) is 0 Å². The maximum atomic E-state index is 3.94. The first-order valence-corrected chi connectivity index (χ1v) is 4.03. The molecule has 0 amide bonds. The molecule has 0 aliphatic rings. The fourth-order valence-electron chi connectivity index (χ4n) is 1.04. The van der Waals surface area contributed by atoms with Crippen LogP contribution < -0.4 is 0 Å². The molecular weight excluding hydrogens is 132 g/mol. The molecule has 0 heterocycles. The highest BCUT2D eigenvalue weighted by Crippen LogP contribution is 2.16. The fraction of sp³-hybridized carbons (Fsp3) is 0.455. The molecule has 0 nitrogen and oxygen atoms in total. The molecule has 0 radical (unpaired) electrons. The quantitative estimate of drug-likeness (QED) is 0.423. The second kappa shape index (κ2) is 4.95. The van der Waals surface area contributed by atoms with Crippen molar-refractivity contribution >= 4 is 0 Å². The van der Waals surface area contributed by atoms with Crippen molar-refractivity contribution in [2.24, 2.45) is 0 Å². The Bertz CT molecular complexity index is 188. The summed E-state index contributed by atoms with van der Waals surface area (Å²) in [4.78, 5) is 0. The Balaban J connectivity index is 4.38. The van der Waals surface area contributed by atoms with Gasteiger partial charge in [-0.3, -0.25) is 0 Å². The Morgan fingerprint density at radius 1 is 1.27 bits per heavy atom. The molecule has 0 fully saturated rings. The smallest absolute Gasteiger partial charge is 0.00958 e. The summed E-state index contributed by atoms with van der Waals surface area (Å²) >= 11 is 0. The molecule has 0 bridgehead atoms. The van der Waals surface area contributed by atoms with Crippen molar-refractivity contribution in [3.8, 4) is 0 Å². The van der Waals surface area contributed by atoms with E-state index in [4.69, 9.17) is 0 Å². The van der Waals surface area contributed by atoms with Crippen LogP contribution in [0.2, 0.25) is 0 Å². The normalized spacial score (nSPS) is 10.2. The molecule has 62 valence electrons. The van der Waals surface area contributed by atoms with Crippen LogP contribution in [0.25, 0.3) is 0 Å². The van der Waals surface area contributed by atoms with Gasteiger partial charge in [-0.25, -0.2) is 0 Å². The lowest BCUT2D eigenvalue weighted by atomic mass is 10.0. The van der Waals surface area contributed by atoms with E-state index in [1.807, 2.05) is 6.92 Å². The molecule has 0 rings (SSSR count). The van der Waals surface area contributed by atoms with Gasteiger partial charge in [0, 0.05) is 0 Å². The summed E-state index contributed by atoms with van der Waals surface area (Å²) < 4.78 is 0. The first-order chi connectivity index (χ1) is 5.09. The molecule has 0 atom stereocenters. The molecule has 0 aromatic rings. The van der Waals surface area contributed by atoms with Crippen LogP contribution in [0.15, 0.2) is 35.5 Å². The van der Waals surface area contributed by atoms with Gasteiger partial charge < -0.3 is 0 Å². The molecule has 0 heteroatoms. The maximum Gasteiger partial charge on any atom is -0.00958 e. The topological polar surface area (TPSA) is 0 Å². The van der Waals surface area contributed by atoms with Gasteiger partial charge in [0.05, 0.1) is 0 Å². The highest BCUT2D eigenvalue weighted by Gasteiger charge is 1.96. The average molecular weight is 150 g/mol. The third-order valence-electron chi connectivity index (χ3n) is 1.68. The van der Waals surface area contributed by atoms with E-state index in [9.17, 15) is 0 Å². The van der Waals surface area contributed by atoms with Gasteiger partial charge in [-0.1, -0.05) is 29.9 Å². The second-order valence-corrected chi connectivity index (χ2v) is 3.03. The third-order valence-corrected chi connectivity index (χ3v) is 1.68. The zero-order valence-electron chi connectivity index (χ0n) is 8.07. The van der Waals surface area contributed by atoms with Gasteiger partial charge in [-0.05, 0) is 39.7 Å². The van der Waals surface area contributed by atoms with Crippen molar-refractivity contribution in [3.05, 3.63) is 35.5 Å². The molecule has 0 N–H and O–H groups in total. The summed E-state index contributed by atoms with van der Waals surface area (Å²) in [5.41, 5.74) is 3.93. The Morgan fingerprint density at radius 2 is 1.82 bits per heavy atom. The molecule has 0 aliphatic carbocycles. The predicted octanol–water partition coefficient (Wildman–Crippen LogP) is 3.87. The summed E-state index contributed by atoms with van der Waals surface area (Å²) in [5.74, 6) is 0. The van der Waals surface area contributed by atoms with Crippen molar-refractivity contribution in [1.29, 1.82) is 0 Å². The van der Waals surface area contributed by atoms with Crippen LogP contribution in [-0.2, 0) is 0 Å². The zero-order valence-corrected chi connectivity index (χ0v) is 8.07. The summed E-state index contributed by atoms with van der Waals surface area (Å²) in [6.07, 6.45) is 5.26.